The van der Waals surface area contributed by atoms with Gasteiger partial charge in [0.25, 0.3) is 0 Å². The maximum absolute atomic E-state index is 5.90. The van der Waals surface area contributed by atoms with Crippen LogP contribution >= 0.6 is 11.8 Å². The zero-order valence-corrected chi connectivity index (χ0v) is 10.4. The first-order valence-electron chi connectivity index (χ1n) is 5.13. The predicted octanol–water partition coefficient (Wildman–Crippen LogP) is 2.76. The highest BCUT2D eigenvalue weighted by molar-refractivity contribution is 7.98. The van der Waals surface area contributed by atoms with Crippen molar-refractivity contribution in [3.8, 4) is 5.75 Å². The normalized spacial score (nSPS) is 12.5. The molecule has 0 heterocycles. The minimum absolute atomic E-state index is 0.0224. The Morgan fingerprint density at radius 1 is 1.47 bits per heavy atom. The first-order valence-corrected chi connectivity index (χ1v) is 6.52. The van der Waals surface area contributed by atoms with Gasteiger partial charge in [0.15, 0.2) is 0 Å². The number of ether oxygens (including phenoxy) is 1. The predicted molar refractivity (Wildman–Crippen MR) is 67.7 cm³/mol. The average Bonchev–Trinajstić information content (AvgIpc) is 2.20. The van der Waals surface area contributed by atoms with Crippen LogP contribution in [0.4, 0.5) is 0 Å². The number of nitrogens with two attached hydrogens (primary N) is 1. The Bertz CT molecular complexity index is 312. The van der Waals surface area contributed by atoms with Gasteiger partial charge in [-0.3, -0.25) is 0 Å². The van der Waals surface area contributed by atoms with Gasteiger partial charge in [-0.2, -0.15) is 11.8 Å². The quantitative estimate of drug-likeness (QED) is 0.783. The van der Waals surface area contributed by atoms with Gasteiger partial charge in [0.2, 0.25) is 0 Å². The van der Waals surface area contributed by atoms with E-state index in [0.29, 0.717) is 0 Å². The van der Waals surface area contributed by atoms with Crippen molar-refractivity contribution < 1.29 is 4.74 Å². The smallest absolute Gasteiger partial charge is 0.124 e. The van der Waals surface area contributed by atoms with E-state index >= 15 is 0 Å². The number of rotatable bonds is 5. The molecule has 0 amide bonds. The zero-order chi connectivity index (χ0) is 11.3. The van der Waals surface area contributed by atoms with Crippen LogP contribution in [0.15, 0.2) is 18.2 Å². The van der Waals surface area contributed by atoms with E-state index in [9.17, 15) is 0 Å². The lowest BCUT2D eigenvalue weighted by atomic mass is 10.1. The van der Waals surface area contributed by atoms with Crippen LogP contribution in [0.2, 0.25) is 0 Å². The fourth-order valence-corrected chi connectivity index (χ4v) is 1.64. The van der Waals surface area contributed by atoms with Gasteiger partial charge >= 0.3 is 0 Å². The van der Waals surface area contributed by atoms with E-state index in [2.05, 4.69) is 25.3 Å². The van der Waals surface area contributed by atoms with Crippen LogP contribution in [0, 0.1) is 6.92 Å². The molecule has 1 aromatic rings. The molecule has 0 spiro atoms. The first kappa shape index (κ1) is 12.4. The van der Waals surface area contributed by atoms with E-state index in [1.54, 1.807) is 11.8 Å². The average molecular weight is 225 g/mol. The largest absolute Gasteiger partial charge is 0.492 e. The summed E-state index contributed by atoms with van der Waals surface area (Å²) in [6.45, 7) is 4.79. The summed E-state index contributed by atoms with van der Waals surface area (Å²) < 4.78 is 5.69. The van der Waals surface area contributed by atoms with Crippen LogP contribution in [0.5, 0.6) is 5.75 Å². The molecule has 84 valence electrons. The summed E-state index contributed by atoms with van der Waals surface area (Å²) in [4.78, 5) is 0. The molecule has 1 rings (SSSR count). The number of hydrogen-bond donors (Lipinski definition) is 1. The minimum Gasteiger partial charge on any atom is -0.492 e. The van der Waals surface area contributed by atoms with Gasteiger partial charge in [-0.15, -0.1) is 0 Å². The highest BCUT2D eigenvalue weighted by Crippen LogP contribution is 2.25. The minimum atomic E-state index is 0.0224. The third-order valence-corrected chi connectivity index (χ3v) is 2.78. The lowest BCUT2D eigenvalue weighted by molar-refractivity contribution is 0.338. The third kappa shape index (κ3) is 3.76. The molecule has 0 unspecified atom stereocenters. The molecular formula is C12H19NOS. The summed E-state index contributed by atoms with van der Waals surface area (Å²) in [6.07, 6.45) is 2.07. The Kier molecular flexibility index (Phi) is 4.99. The summed E-state index contributed by atoms with van der Waals surface area (Å²) in [5.74, 6) is 1.93. The number of hydrogen-bond acceptors (Lipinski definition) is 3. The Morgan fingerprint density at radius 3 is 2.80 bits per heavy atom. The molecule has 3 heteroatoms. The standard InChI is InChI=1S/C12H19NOS/c1-9-4-5-12(14-6-7-15-3)11(8-9)10(2)13/h4-5,8,10H,6-7,13H2,1-3H3/t10-/m1/s1. The van der Waals surface area contributed by atoms with Crippen molar-refractivity contribution in [1.29, 1.82) is 0 Å². The molecule has 0 radical (unpaired) electrons. The van der Waals surface area contributed by atoms with Gasteiger partial charge in [-0.05, 0) is 26.2 Å². The molecule has 0 aliphatic carbocycles. The maximum Gasteiger partial charge on any atom is 0.124 e. The molecule has 0 saturated heterocycles. The molecule has 1 aromatic carbocycles. The van der Waals surface area contributed by atoms with Crippen molar-refractivity contribution in [1.82, 2.24) is 0 Å². The summed E-state index contributed by atoms with van der Waals surface area (Å²) in [5.41, 5.74) is 8.22. The lowest BCUT2D eigenvalue weighted by Crippen LogP contribution is -2.09. The second-order valence-electron chi connectivity index (χ2n) is 3.67. The van der Waals surface area contributed by atoms with Crippen molar-refractivity contribution in [3.63, 3.8) is 0 Å². The van der Waals surface area contributed by atoms with Crippen LogP contribution < -0.4 is 10.5 Å². The number of aryl methyl sites for hydroxylation is 1. The Hall–Kier alpha value is -0.670. The summed E-state index contributed by atoms with van der Waals surface area (Å²) in [5, 5.41) is 0. The van der Waals surface area contributed by atoms with Crippen LogP contribution in [0.1, 0.15) is 24.1 Å². The van der Waals surface area contributed by atoms with E-state index < -0.39 is 0 Å². The molecule has 15 heavy (non-hydrogen) atoms. The van der Waals surface area contributed by atoms with E-state index in [1.165, 1.54) is 5.56 Å². The highest BCUT2D eigenvalue weighted by atomic mass is 32.2. The maximum atomic E-state index is 5.90. The topological polar surface area (TPSA) is 35.2 Å². The van der Waals surface area contributed by atoms with Crippen LogP contribution in [-0.4, -0.2) is 18.6 Å². The van der Waals surface area contributed by atoms with Crippen LogP contribution in [0.3, 0.4) is 0 Å². The molecule has 0 fully saturated rings. The number of benzene rings is 1. The molecule has 0 saturated carbocycles. The molecule has 0 aromatic heterocycles. The third-order valence-electron chi connectivity index (χ3n) is 2.20. The summed E-state index contributed by atoms with van der Waals surface area (Å²) in [6, 6.07) is 6.18. The summed E-state index contributed by atoms with van der Waals surface area (Å²) in [7, 11) is 0. The second kappa shape index (κ2) is 6.03. The van der Waals surface area contributed by atoms with Crippen molar-refractivity contribution in [2.75, 3.05) is 18.6 Å². The SMILES string of the molecule is CSCCOc1ccc(C)cc1[C@@H](C)N. The fourth-order valence-electron chi connectivity index (χ4n) is 1.39. The van der Waals surface area contributed by atoms with Gasteiger partial charge in [-0.25, -0.2) is 0 Å². The molecule has 1 atom stereocenters. The molecular weight excluding hydrogens is 206 g/mol. The van der Waals surface area contributed by atoms with Gasteiger partial charge in [-0.1, -0.05) is 17.7 Å². The van der Waals surface area contributed by atoms with Crippen LogP contribution in [0.25, 0.3) is 0 Å². The van der Waals surface area contributed by atoms with Crippen molar-refractivity contribution in [3.05, 3.63) is 29.3 Å². The summed E-state index contributed by atoms with van der Waals surface area (Å²) >= 11 is 1.78. The molecule has 0 aliphatic rings. The van der Waals surface area contributed by atoms with Gasteiger partial charge in [0.05, 0.1) is 6.61 Å². The Morgan fingerprint density at radius 2 is 2.20 bits per heavy atom. The monoisotopic (exact) mass is 225 g/mol. The van der Waals surface area contributed by atoms with E-state index in [0.717, 1.165) is 23.7 Å². The second-order valence-corrected chi connectivity index (χ2v) is 4.66. The lowest BCUT2D eigenvalue weighted by Gasteiger charge is -2.14. The zero-order valence-electron chi connectivity index (χ0n) is 9.62. The number of thioether (sulfide) groups is 1. The fraction of sp³-hybridized carbons (Fsp3) is 0.500. The van der Waals surface area contributed by atoms with E-state index in [-0.39, 0.29) is 6.04 Å². The highest BCUT2D eigenvalue weighted by Gasteiger charge is 2.07. The molecule has 0 aliphatic heterocycles. The van der Waals surface area contributed by atoms with E-state index in [4.69, 9.17) is 10.5 Å². The van der Waals surface area contributed by atoms with Crippen molar-refractivity contribution in [2.24, 2.45) is 5.73 Å². The first-order chi connectivity index (χ1) is 7.15. The van der Waals surface area contributed by atoms with Crippen molar-refractivity contribution >= 4 is 11.8 Å². The Balaban J connectivity index is 2.77. The molecule has 2 nitrogen and oxygen atoms in total. The molecule has 0 bridgehead atoms. The Labute approximate surface area is 96.2 Å². The van der Waals surface area contributed by atoms with E-state index in [1.807, 2.05) is 13.0 Å². The van der Waals surface area contributed by atoms with Crippen molar-refractivity contribution in [2.45, 2.75) is 19.9 Å². The molecule has 2 N–H and O–H groups in total. The van der Waals surface area contributed by atoms with Gasteiger partial charge in [0.1, 0.15) is 5.75 Å². The van der Waals surface area contributed by atoms with Gasteiger partial charge in [0, 0.05) is 17.4 Å². The van der Waals surface area contributed by atoms with Gasteiger partial charge < -0.3 is 10.5 Å². The van der Waals surface area contributed by atoms with Crippen LogP contribution in [-0.2, 0) is 0 Å².